The number of morpholine rings is 1. The van der Waals surface area contributed by atoms with Crippen molar-refractivity contribution in [2.75, 3.05) is 39.9 Å². The van der Waals surface area contributed by atoms with Gasteiger partial charge in [0.2, 0.25) is 0 Å². The van der Waals surface area contributed by atoms with E-state index < -0.39 is 0 Å². The van der Waals surface area contributed by atoms with E-state index >= 15 is 0 Å². The van der Waals surface area contributed by atoms with Crippen LogP contribution in [0.15, 0.2) is 4.99 Å². The molecule has 5 heteroatoms. The van der Waals surface area contributed by atoms with Gasteiger partial charge in [-0.15, -0.1) is 6.01 Å². The Bertz CT molecular complexity index is 234. The fourth-order valence-electron chi connectivity index (χ4n) is 1.12. The number of nitriles is 1. The number of nitrogens with zero attached hydrogens (tertiary/aromatic N) is 4. The van der Waals surface area contributed by atoms with Crippen molar-refractivity contribution >= 4 is 6.01 Å². The highest BCUT2D eigenvalue weighted by atomic mass is 16.5. The molecule has 1 aliphatic rings. The molecule has 0 aromatic rings. The molecule has 78 valence electrons. The summed E-state index contributed by atoms with van der Waals surface area (Å²) in [7, 11) is 2.29. The highest BCUT2D eigenvalue weighted by Crippen LogP contribution is 2.05. The second-order valence-electron chi connectivity index (χ2n) is 3.31. The zero-order valence-electron chi connectivity index (χ0n) is 8.73. The van der Waals surface area contributed by atoms with E-state index in [0.717, 1.165) is 13.2 Å². The van der Waals surface area contributed by atoms with E-state index in [2.05, 4.69) is 19.0 Å². The third kappa shape index (κ3) is 5.44. The third-order valence-electron chi connectivity index (χ3n) is 2.41. The first kappa shape index (κ1) is 12.8. The zero-order valence-corrected chi connectivity index (χ0v) is 8.73. The van der Waals surface area contributed by atoms with Gasteiger partial charge in [0, 0.05) is 0 Å². The SMILES string of the molecule is CC[N+]1(C)CCOCC1.N#CN=C=[N-]. The largest absolute Gasteiger partial charge is 0.422 e. The zero-order chi connectivity index (χ0) is 10.9. The second kappa shape index (κ2) is 7.22. The van der Waals surface area contributed by atoms with Crippen molar-refractivity contribution in [1.29, 1.82) is 5.26 Å². The van der Waals surface area contributed by atoms with Gasteiger partial charge in [0.25, 0.3) is 0 Å². The molecule has 0 bridgehead atoms. The summed E-state index contributed by atoms with van der Waals surface area (Å²) in [5.74, 6) is 0. The van der Waals surface area contributed by atoms with Gasteiger partial charge in [-0.25, -0.2) is 0 Å². The Morgan fingerprint density at radius 2 is 2.07 bits per heavy atom. The predicted molar refractivity (Wildman–Crippen MR) is 53.7 cm³/mol. The van der Waals surface area contributed by atoms with Crippen LogP contribution >= 0.6 is 0 Å². The normalized spacial score (nSPS) is 18.1. The summed E-state index contributed by atoms with van der Waals surface area (Å²) in [5, 5.41) is 14.9. The van der Waals surface area contributed by atoms with Crippen LogP contribution < -0.4 is 0 Å². The van der Waals surface area contributed by atoms with Gasteiger partial charge in [-0.3, -0.25) is 0 Å². The maximum Gasteiger partial charge on any atom is 0.102 e. The summed E-state index contributed by atoms with van der Waals surface area (Å²) in [6.45, 7) is 7.76. The molecule has 14 heavy (non-hydrogen) atoms. The molecule has 0 unspecified atom stereocenters. The molecule has 0 amide bonds. The Hall–Kier alpha value is -1.21. The molecular formula is C9H16N4O. The van der Waals surface area contributed by atoms with Gasteiger partial charge in [0.05, 0.1) is 33.0 Å². The Balaban J connectivity index is 0.000000292. The summed E-state index contributed by atoms with van der Waals surface area (Å²) in [4.78, 5) is 2.58. The van der Waals surface area contributed by atoms with Crippen LogP contribution in [0.4, 0.5) is 0 Å². The third-order valence-corrected chi connectivity index (χ3v) is 2.41. The molecule has 0 radical (unpaired) electrons. The van der Waals surface area contributed by atoms with E-state index in [0.29, 0.717) is 0 Å². The lowest BCUT2D eigenvalue weighted by molar-refractivity contribution is -0.915. The smallest absolute Gasteiger partial charge is 0.102 e. The minimum absolute atomic E-state index is 0.949. The van der Waals surface area contributed by atoms with E-state index in [1.54, 1.807) is 0 Å². The molecule has 0 aromatic carbocycles. The van der Waals surface area contributed by atoms with Crippen LogP contribution in [0.1, 0.15) is 6.92 Å². The van der Waals surface area contributed by atoms with Gasteiger partial charge >= 0.3 is 0 Å². The van der Waals surface area contributed by atoms with Gasteiger partial charge in [0.1, 0.15) is 13.1 Å². The molecular weight excluding hydrogens is 180 g/mol. The molecule has 1 heterocycles. The molecule has 0 N–H and O–H groups in total. The Morgan fingerprint density at radius 1 is 1.50 bits per heavy atom. The highest BCUT2D eigenvalue weighted by Gasteiger charge is 2.21. The second-order valence-corrected chi connectivity index (χ2v) is 3.31. The maximum atomic E-state index is 7.43. The van der Waals surface area contributed by atoms with Gasteiger partial charge < -0.3 is 19.6 Å². The molecule has 1 rings (SSSR count). The molecule has 0 atom stereocenters. The summed E-state index contributed by atoms with van der Waals surface area (Å²) < 4.78 is 6.45. The van der Waals surface area contributed by atoms with Crippen LogP contribution in [0.3, 0.4) is 0 Å². The topological polar surface area (TPSA) is 67.7 Å². The lowest BCUT2D eigenvalue weighted by Gasteiger charge is -2.36. The molecule has 1 fully saturated rings. The number of likely N-dealkylation sites (N-methyl/N-ethyl adjacent to an activating group) is 1. The minimum atomic E-state index is 0.949. The van der Waals surface area contributed by atoms with Crippen LogP contribution in [0.5, 0.6) is 0 Å². The van der Waals surface area contributed by atoms with Crippen LogP contribution in [0, 0.1) is 11.5 Å². The molecule has 0 aliphatic carbocycles. The van der Waals surface area contributed by atoms with Crippen molar-refractivity contribution in [3.8, 4) is 6.19 Å². The van der Waals surface area contributed by atoms with Crippen molar-refractivity contribution in [3.05, 3.63) is 5.41 Å². The number of quaternary nitrogens is 1. The number of ether oxygens (including phenoxy) is 1. The van der Waals surface area contributed by atoms with Gasteiger partial charge in [-0.2, -0.15) is 5.26 Å². The number of hydrogen-bond acceptors (Lipinski definition) is 3. The van der Waals surface area contributed by atoms with Crippen LogP contribution in [0.2, 0.25) is 0 Å². The minimum Gasteiger partial charge on any atom is -0.422 e. The Kier molecular flexibility index (Phi) is 6.59. The standard InChI is InChI=1S/C7H16NO.C2N3/c1-3-8(2)4-6-9-7-5-8;3-1-5-2-4/h3-7H2,1-2H3;/q+1;-1. The molecule has 5 nitrogen and oxygen atoms in total. The summed E-state index contributed by atoms with van der Waals surface area (Å²) in [5.41, 5.74) is 0. The highest BCUT2D eigenvalue weighted by molar-refractivity contribution is 5.46. The van der Waals surface area contributed by atoms with Crippen molar-refractivity contribution in [1.82, 2.24) is 0 Å². The van der Waals surface area contributed by atoms with Crippen molar-refractivity contribution in [2.24, 2.45) is 4.99 Å². The first-order chi connectivity index (χ1) is 6.68. The van der Waals surface area contributed by atoms with E-state index in [-0.39, 0.29) is 0 Å². The first-order valence-electron chi connectivity index (χ1n) is 4.57. The average molecular weight is 196 g/mol. The number of rotatable bonds is 1. The fraction of sp³-hybridized carbons (Fsp3) is 0.778. The molecule has 0 saturated carbocycles. The first-order valence-corrected chi connectivity index (χ1v) is 4.57. The molecule has 0 spiro atoms. The Morgan fingerprint density at radius 3 is 2.29 bits per heavy atom. The van der Waals surface area contributed by atoms with E-state index in [9.17, 15) is 0 Å². The van der Waals surface area contributed by atoms with Gasteiger partial charge in [-0.1, -0.05) is 0 Å². The number of hydrogen-bond donors (Lipinski definition) is 0. The monoisotopic (exact) mass is 196 g/mol. The summed E-state index contributed by atoms with van der Waals surface area (Å²) >= 11 is 0. The summed E-state index contributed by atoms with van der Waals surface area (Å²) in [6, 6.07) is 1.28. The van der Waals surface area contributed by atoms with Crippen LogP contribution in [0.25, 0.3) is 5.41 Å². The maximum absolute atomic E-state index is 7.43. The van der Waals surface area contributed by atoms with Gasteiger partial charge in [0.15, 0.2) is 0 Å². The van der Waals surface area contributed by atoms with E-state index in [1.165, 1.54) is 36.3 Å². The Labute approximate surface area is 84.7 Å². The van der Waals surface area contributed by atoms with Crippen LogP contribution in [-0.2, 0) is 4.74 Å². The van der Waals surface area contributed by atoms with Crippen molar-refractivity contribution in [2.45, 2.75) is 6.92 Å². The molecule has 1 saturated heterocycles. The fourth-order valence-corrected chi connectivity index (χ4v) is 1.12. The van der Waals surface area contributed by atoms with Crippen molar-refractivity contribution < 1.29 is 9.22 Å². The van der Waals surface area contributed by atoms with E-state index in [4.69, 9.17) is 15.4 Å². The lowest BCUT2D eigenvalue weighted by Crippen LogP contribution is -2.51. The van der Waals surface area contributed by atoms with Gasteiger partial charge in [-0.05, 0) is 6.92 Å². The predicted octanol–water partition coefficient (Wildman–Crippen LogP) is 0.694. The van der Waals surface area contributed by atoms with Crippen molar-refractivity contribution in [3.63, 3.8) is 0 Å². The quantitative estimate of drug-likeness (QED) is 0.352. The van der Waals surface area contributed by atoms with E-state index in [1.807, 2.05) is 0 Å². The average Bonchev–Trinajstić information content (AvgIpc) is 2.21. The lowest BCUT2D eigenvalue weighted by atomic mass is 10.3. The summed E-state index contributed by atoms with van der Waals surface area (Å²) in [6.07, 6.45) is 1.28. The number of aliphatic imine (C=N–C) groups is 1. The molecule has 1 aliphatic heterocycles. The molecule has 0 aromatic heterocycles. The van der Waals surface area contributed by atoms with Crippen LogP contribution in [-0.4, -0.2) is 50.4 Å².